The van der Waals surface area contributed by atoms with Gasteiger partial charge in [-0.1, -0.05) is 75.1 Å². The van der Waals surface area contributed by atoms with Crippen LogP contribution in [0.4, 0.5) is 0 Å². The van der Waals surface area contributed by atoms with Gasteiger partial charge in [-0.25, -0.2) is 0 Å². The van der Waals surface area contributed by atoms with E-state index in [1.807, 2.05) is 6.08 Å². The molecule has 0 atom stereocenters. The van der Waals surface area contributed by atoms with Crippen LogP contribution in [0.5, 0.6) is 0 Å². The molecule has 0 bridgehead atoms. The number of hydrogen-bond acceptors (Lipinski definition) is 0. The molecule has 0 amide bonds. The first-order chi connectivity index (χ1) is 7.59. The first-order valence-electron chi connectivity index (χ1n) is 5.63. The molecule has 0 spiro atoms. The van der Waals surface area contributed by atoms with Crippen molar-refractivity contribution in [3.63, 3.8) is 0 Å². The average Bonchev–Trinajstić information content (AvgIpc) is 2.41. The predicted octanol–water partition coefficient (Wildman–Crippen LogP) is 4.75. The van der Waals surface area contributed by atoms with Crippen LogP contribution in [0.2, 0.25) is 0 Å². The fourth-order valence-corrected chi connectivity index (χ4v) is 1.54. The summed E-state index contributed by atoms with van der Waals surface area (Å²) in [6, 6.07) is 0. The van der Waals surface area contributed by atoms with E-state index in [4.69, 9.17) is 0 Å². The largest absolute Gasteiger partial charge is 0.0991 e. The van der Waals surface area contributed by atoms with Gasteiger partial charge in [-0.15, -0.1) is 0 Å². The van der Waals surface area contributed by atoms with Crippen LogP contribution in [-0.4, -0.2) is 0 Å². The highest BCUT2D eigenvalue weighted by Gasteiger charge is 2.10. The normalized spacial score (nSPS) is 19.7. The third-order valence-electron chi connectivity index (χ3n) is 2.55. The molecule has 1 rings (SSSR count). The zero-order valence-electron chi connectivity index (χ0n) is 10.4. The molecule has 0 nitrogen and oxygen atoms in total. The van der Waals surface area contributed by atoms with Crippen LogP contribution in [0.3, 0.4) is 0 Å². The third kappa shape index (κ3) is 3.54. The highest BCUT2D eigenvalue weighted by atomic mass is 14.2. The summed E-state index contributed by atoms with van der Waals surface area (Å²) < 4.78 is 0. The standard InChI is InChI=1S/C16H20/c1-5-7-9-14(6-2)15-10-8-12-16(3,4)13-11-15/h5-13H,1H2,2-4H3/b9-7-,14-6+. The Labute approximate surface area is 99.1 Å². The molecule has 0 aromatic rings. The highest BCUT2D eigenvalue weighted by Crippen LogP contribution is 2.25. The second-order valence-corrected chi connectivity index (χ2v) is 4.47. The van der Waals surface area contributed by atoms with Gasteiger partial charge in [-0.05, 0) is 18.1 Å². The summed E-state index contributed by atoms with van der Waals surface area (Å²) in [5.41, 5.74) is 2.60. The second-order valence-electron chi connectivity index (χ2n) is 4.47. The predicted molar refractivity (Wildman–Crippen MR) is 73.2 cm³/mol. The number of rotatable bonds is 3. The fourth-order valence-electron chi connectivity index (χ4n) is 1.54. The minimum Gasteiger partial charge on any atom is -0.0991 e. The molecular formula is C16H20. The first kappa shape index (κ1) is 12.5. The van der Waals surface area contributed by atoms with Crippen molar-refractivity contribution in [3.8, 4) is 0 Å². The Kier molecular flexibility index (Phi) is 4.30. The van der Waals surface area contributed by atoms with Crippen molar-refractivity contribution in [2.45, 2.75) is 20.8 Å². The van der Waals surface area contributed by atoms with Crippen LogP contribution in [0.1, 0.15) is 20.8 Å². The van der Waals surface area contributed by atoms with Crippen LogP contribution >= 0.6 is 0 Å². The van der Waals surface area contributed by atoms with E-state index in [0.29, 0.717) is 0 Å². The molecule has 0 N–H and O–H groups in total. The molecule has 0 unspecified atom stereocenters. The van der Waals surface area contributed by atoms with Crippen LogP contribution in [-0.2, 0) is 0 Å². The molecular weight excluding hydrogens is 192 g/mol. The molecule has 84 valence electrons. The summed E-state index contributed by atoms with van der Waals surface area (Å²) in [6.07, 6.45) is 18.8. The Morgan fingerprint density at radius 3 is 2.69 bits per heavy atom. The zero-order valence-corrected chi connectivity index (χ0v) is 10.4. The van der Waals surface area contributed by atoms with Crippen LogP contribution < -0.4 is 0 Å². The van der Waals surface area contributed by atoms with Gasteiger partial charge in [0.05, 0.1) is 0 Å². The smallest absolute Gasteiger partial charge is 0.00109 e. The molecule has 0 heteroatoms. The lowest BCUT2D eigenvalue weighted by atomic mass is 9.93. The van der Waals surface area contributed by atoms with E-state index >= 15 is 0 Å². The van der Waals surface area contributed by atoms with Crippen molar-refractivity contribution >= 4 is 0 Å². The molecule has 0 aromatic carbocycles. The van der Waals surface area contributed by atoms with Gasteiger partial charge in [0.1, 0.15) is 0 Å². The van der Waals surface area contributed by atoms with Gasteiger partial charge in [0.2, 0.25) is 0 Å². The lowest BCUT2D eigenvalue weighted by Crippen LogP contribution is -2.00. The Hall–Kier alpha value is -1.56. The fraction of sp³-hybridized carbons (Fsp3) is 0.250. The van der Waals surface area contributed by atoms with E-state index in [9.17, 15) is 0 Å². The van der Waals surface area contributed by atoms with Gasteiger partial charge in [0, 0.05) is 5.41 Å². The summed E-state index contributed by atoms with van der Waals surface area (Å²) in [5, 5.41) is 0. The van der Waals surface area contributed by atoms with Crippen LogP contribution in [0, 0.1) is 5.41 Å². The van der Waals surface area contributed by atoms with E-state index in [0.717, 1.165) is 0 Å². The van der Waals surface area contributed by atoms with Gasteiger partial charge in [-0.3, -0.25) is 0 Å². The van der Waals surface area contributed by atoms with Gasteiger partial charge in [0.15, 0.2) is 0 Å². The minimum atomic E-state index is 0.138. The third-order valence-corrected chi connectivity index (χ3v) is 2.55. The summed E-state index contributed by atoms with van der Waals surface area (Å²) in [6.45, 7) is 10.1. The van der Waals surface area contributed by atoms with E-state index in [1.54, 1.807) is 6.08 Å². The van der Waals surface area contributed by atoms with Crippen molar-refractivity contribution in [1.29, 1.82) is 0 Å². The summed E-state index contributed by atoms with van der Waals surface area (Å²) >= 11 is 0. The molecule has 0 fully saturated rings. The Morgan fingerprint density at radius 2 is 2.06 bits per heavy atom. The van der Waals surface area contributed by atoms with Gasteiger partial charge >= 0.3 is 0 Å². The maximum atomic E-state index is 3.69. The molecule has 16 heavy (non-hydrogen) atoms. The zero-order chi connectivity index (χ0) is 12.0. The Balaban J connectivity index is 2.98. The van der Waals surface area contributed by atoms with Crippen molar-refractivity contribution in [2.75, 3.05) is 0 Å². The summed E-state index contributed by atoms with van der Waals surface area (Å²) in [7, 11) is 0. The second kappa shape index (κ2) is 5.50. The number of hydrogen-bond donors (Lipinski definition) is 0. The van der Waals surface area contributed by atoms with Crippen molar-refractivity contribution in [2.24, 2.45) is 5.41 Å². The molecule has 1 aliphatic carbocycles. The minimum absolute atomic E-state index is 0.138. The van der Waals surface area contributed by atoms with Crippen LogP contribution in [0.15, 0.2) is 72.4 Å². The van der Waals surface area contributed by atoms with Crippen molar-refractivity contribution in [1.82, 2.24) is 0 Å². The number of allylic oxidation sites excluding steroid dienone is 11. The van der Waals surface area contributed by atoms with Crippen LogP contribution in [0.25, 0.3) is 0 Å². The Morgan fingerprint density at radius 1 is 1.31 bits per heavy atom. The van der Waals surface area contributed by atoms with E-state index in [1.165, 1.54) is 11.1 Å². The lowest BCUT2D eigenvalue weighted by Gasteiger charge is -2.12. The molecule has 0 heterocycles. The molecule has 1 aliphatic rings. The maximum Gasteiger partial charge on any atom is 0.00109 e. The van der Waals surface area contributed by atoms with Gasteiger partial charge < -0.3 is 0 Å². The Bertz CT molecular complexity index is 396. The van der Waals surface area contributed by atoms with E-state index < -0.39 is 0 Å². The van der Waals surface area contributed by atoms with E-state index in [-0.39, 0.29) is 5.41 Å². The summed E-state index contributed by atoms with van der Waals surface area (Å²) in [4.78, 5) is 0. The first-order valence-corrected chi connectivity index (χ1v) is 5.63. The van der Waals surface area contributed by atoms with Crippen molar-refractivity contribution in [3.05, 3.63) is 72.4 Å². The average molecular weight is 212 g/mol. The molecule has 0 saturated heterocycles. The highest BCUT2D eigenvalue weighted by molar-refractivity contribution is 5.49. The van der Waals surface area contributed by atoms with Gasteiger partial charge in [-0.2, -0.15) is 0 Å². The molecule has 0 saturated carbocycles. The summed E-state index contributed by atoms with van der Waals surface area (Å²) in [5.74, 6) is 0. The van der Waals surface area contributed by atoms with Gasteiger partial charge in [0.25, 0.3) is 0 Å². The molecule has 0 aliphatic heterocycles. The lowest BCUT2D eigenvalue weighted by molar-refractivity contribution is 0.627. The van der Waals surface area contributed by atoms with Crippen molar-refractivity contribution < 1.29 is 0 Å². The van der Waals surface area contributed by atoms with E-state index in [2.05, 4.69) is 69.9 Å². The maximum absolute atomic E-state index is 3.69. The quantitative estimate of drug-likeness (QED) is 0.592. The molecule has 0 aromatic heterocycles. The monoisotopic (exact) mass is 212 g/mol. The topological polar surface area (TPSA) is 0 Å². The SMILES string of the molecule is C=C/C=C\C(=C/C)C1=CC=CC(C)(C)C=C1. The molecule has 0 radical (unpaired) electrons.